The summed E-state index contributed by atoms with van der Waals surface area (Å²) < 4.78 is 5.45. The predicted molar refractivity (Wildman–Crippen MR) is 127 cm³/mol. The number of alkyl carbamates (subject to hydrolysis) is 1. The Morgan fingerprint density at radius 3 is 2.48 bits per heavy atom. The number of rotatable bonds is 9. The second kappa shape index (κ2) is 11.2. The van der Waals surface area contributed by atoms with Crippen LogP contribution in [0.4, 0.5) is 4.79 Å². The van der Waals surface area contributed by atoms with Crippen LogP contribution in [0.15, 0.2) is 24.3 Å². The standard InChI is InChI=1S/C24H36ClN3O5/c1-23(2,3)19(21(31)27-18(13-29)11-15-9-10-26-20(15)30)28-22(32)33-14-24(4,5)16-7-6-8-17(25)12-16/h6-8,12,15,18-19,29H,9-11,13-14H2,1-5H3,(H,26,30)(H,27,31)(H,28,32). The number of aliphatic hydroxyl groups is 1. The quantitative estimate of drug-likeness (QED) is 0.432. The number of nitrogens with one attached hydrogen (secondary N) is 3. The zero-order valence-corrected chi connectivity index (χ0v) is 20.8. The van der Waals surface area contributed by atoms with E-state index in [1.54, 1.807) is 6.07 Å². The number of carbonyl (C=O) groups excluding carboxylic acids is 3. The third-order valence-electron chi connectivity index (χ3n) is 5.86. The molecule has 1 aliphatic heterocycles. The zero-order chi connectivity index (χ0) is 24.8. The van der Waals surface area contributed by atoms with Gasteiger partial charge in [0.05, 0.1) is 12.6 Å². The average molecular weight is 482 g/mol. The molecule has 0 bridgehead atoms. The molecule has 9 heteroatoms. The summed E-state index contributed by atoms with van der Waals surface area (Å²) in [6.45, 7) is 9.73. The minimum absolute atomic E-state index is 0.0703. The van der Waals surface area contributed by atoms with Gasteiger partial charge in [-0.25, -0.2) is 4.79 Å². The highest BCUT2D eigenvalue weighted by molar-refractivity contribution is 6.30. The Morgan fingerprint density at radius 1 is 1.24 bits per heavy atom. The van der Waals surface area contributed by atoms with Gasteiger partial charge in [-0.3, -0.25) is 9.59 Å². The topological polar surface area (TPSA) is 117 Å². The Kier molecular flexibility index (Phi) is 9.14. The smallest absolute Gasteiger partial charge is 0.407 e. The van der Waals surface area contributed by atoms with Crippen LogP contribution in [0.2, 0.25) is 5.02 Å². The van der Waals surface area contributed by atoms with Crippen molar-refractivity contribution < 1.29 is 24.2 Å². The number of benzene rings is 1. The van der Waals surface area contributed by atoms with Crippen molar-refractivity contribution in [1.29, 1.82) is 0 Å². The maximum absolute atomic E-state index is 13.0. The van der Waals surface area contributed by atoms with E-state index in [2.05, 4.69) is 16.0 Å². The van der Waals surface area contributed by atoms with Gasteiger partial charge in [0.2, 0.25) is 11.8 Å². The molecule has 3 amide bonds. The number of amides is 3. The predicted octanol–water partition coefficient (Wildman–Crippen LogP) is 2.76. The van der Waals surface area contributed by atoms with Gasteiger partial charge < -0.3 is 25.8 Å². The molecule has 1 aromatic carbocycles. The largest absolute Gasteiger partial charge is 0.449 e. The second-order valence-corrected chi connectivity index (χ2v) is 10.8. The lowest BCUT2D eigenvalue weighted by Crippen LogP contribution is -2.56. The first-order valence-electron chi connectivity index (χ1n) is 11.2. The van der Waals surface area contributed by atoms with Crippen molar-refractivity contribution in [2.75, 3.05) is 19.8 Å². The van der Waals surface area contributed by atoms with E-state index in [-0.39, 0.29) is 25.0 Å². The summed E-state index contributed by atoms with van der Waals surface area (Å²) >= 11 is 6.08. The molecule has 4 N–H and O–H groups in total. The van der Waals surface area contributed by atoms with Crippen LogP contribution in [0.5, 0.6) is 0 Å². The zero-order valence-electron chi connectivity index (χ0n) is 20.0. The Balaban J connectivity index is 1.98. The molecule has 8 nitrogen and oxygen atoms in total. The lowest BCUT2D eigenvalue weighted by atomic mass is 9.85. The minimum Gasteiger partial charge on any atom is -0.449 e. The number of ether oxygens (including phenoxy) is 1. The van der Waals surface area contributed by atoms with E-state index in [4.69, 9.17) is 16.3 Å². The highest BCUT2D eigenvalue weighted by Gasteiger charge is 2.36. The molecule has 1 fully saturated rings. The maximum Gasteiger partial charge on any atom is 0.407 e. The normalized spacial score (nSPS) is 18.3. The molecule has 3 atom stereocenters. The monoisotopic (exact) mass is 481 g/mol. The Labute approximate surface area is 200 Å². The molecule has 1 aliphatic rings. The van der Waals surface area contributed by atoms with Gasteiger partial charge >= 0.3 is 6.09 Å². The molecule has 2 rings (SSSR count). The van der Waals surface area contributed by atoms with Gasteiger partial charge in [0.25, 0.3) is 0 Å². The molecule has 1 saturated heterocycles. The minimum atomic E-state index is -0.897. The van der Waals surface area contributed by atoms with Gasteiger partial charge in [-0.15, -0.1) is 0 Å². The third kappa shape index (κ3) is 7.89. The first-order chi connectivity index (χ1) is 15.3. The van der Waals surface area contributed by atoms with Gasteiger partial charge in [0.1, 0.15) is 12.6 Å². The Hall–Kier alpha value is -2.32. The van der Waals surface area contributed by atoms with Gasteiger partial charge in [-0.1, -0.05) is 58.4 Å². The fraction of sp³-hybridized carbons (Fsp3) is 0.625. The van der Waals surface area contributed by atoms with Crippen molar-refractivity contribution in [2.45, 2.75) is 65.0 Å². The number of hydrogen-bond acceptors (Lipinski definition) is 5. The van der Waals surface area contributed by atoms with Crippen LogP contribution in [0.1, 0.15) is 53.0 Å². The highest BCUT2D eigenvalue weighted by atomic mass is 35.5. The molecule has 0 spiro atoms. The lowest BCUT2D eigenvalue weighted by Gasteiger charge is -2.32. The number of aliphatic hydroxyl groups excluding tert-OH is 1. The second-order valence-electron chi connectivity index (χ2n) is 10.3. The van der Waals surface area contributed by atoms with Gasteiger partial charge in [-0.05, 0) is 36.0 Å². The SMILES string of the molecule is CC(C)(COC(=O)NC(C(=O)NC(CO)CC1CCNC1=O)C(C)(C)C)c1cccc(Cl)c1. The van der Waals surface area contributed by atoms with Crippen LogP contribution in [-0.4, -0.2) is 54.9 Å². The maximum atomic E-state index is 13.0. The van der Waals surface area contributed by atoms with E-state index in [0.29, 0.717) is 24.4 Å². The van der Waals surface area contributed by atoms with Gasteiger partial charge in [0, 0.05) is 22.9 Å². The molecule has 3 unspecified atom stereocenters. The Morgan fingerprint density at radius 2 is 1.94 bits per heavy atom. The molecule has 0 aromatic heterocycles. The molecule has 184 valence electrons. The van der Waals surface area contributed by atoms with Crippen molar-refractivity contribution >= 4 is 29.5 Å². The average Bonchev–Trinajstić information content (AvgIpc) is 3.13. The van der Waals surface area contributed by atoms with E-state index in [9.17, 15) is 19.5 Å². The molecule has 1 heterocycles. The van der Waals surface area contributed by atoms with Crippen molar-refractivity contribution in [3.05, 3.63) is 34.9 Å². The molecule has 33 heavy (non-hydrogen) atoms. The number of carbonyl (C=O) groups is 3. The molecular formula is C24H36ClN3O5. The molecule has 1 aromatic rings. The highest BCUT2D eigenvalue weighted by Crippen LogP contribution is 2.26. The third-order valence-corrected chi connectivity index (χ3v) is 6.09. The van der Waals surface area contributed by atoms with E-state index >= 15 is 0 Å². The first-order valence-corrected chi connectivity index (χ1v) is 11.6. The van der Waals surface area contributed by atoms with E-state index < -0.39 is 34.9 Å². The van der Waals surface area contributed by atoms with E-state index in [0.717, 1.165) is 5.56 Å². The lowest BCUT2D eigenvalue weighted by molar-refractivity contribution is -0.127. The van der Waals surface area contributed by atoms with Crippen LogP contribution in [0.25, 0.3) is 0 Å². The van der Waals surface area contributed by atoms with Gasteiger partial charge in [0.15, 0.2) is 0 Å². The Bertz CT molecular complexity index is 853. The summed E-state index contributed by atoms with van der Waals surface area (Å²) in [5.74, 6) is -0.757. The van der Waals surface area contributed by atoms with Gasteiger partial charge in [-0.2, -0.15) is 0 Å². The first kappa shape index (κ1) is 26.9. The summed E-state index contributed by atoms with van der Waals surface area (Å²) in [5, 5.41) is 18.5. The van der Waals surface area contributed by atoms with Crippen molar-refractivity contribution in [3.63, 3.8) is 0 Å². The molecule has 0 aliphatic carbocycles. The summed E-state index contributed by atoms with van der Waals surface area (Å²) in [7, 11) is 0. The number of halogens is 1. The fourth-order valence-corrected chi connectivity index (χ4v) is 3.94. The molecule has 0 radical (unpaired) electrons. The summed E-state index contributed by atoms with van der Waals surface area (Å²) in [6, 6.07) is 5.87. The van der Waals surface area contributed by atoms with Crippen LogP contribution in [0, 0.1) is 11.3 Å². The molecular weight excluding hydrogens is 446 g/mol. The van der Waals surface area contributed by atoms with E-state index in [1.165, 1.54) is 0 Å². The summed E-state index contributed by atoms with van der Waals surface area (Å²) in [6.07, 6.45) is 0.292. The van der Waals surface area contributed by atoms with Crippen LogP contribution in [-0.2, 0) is 19.7 Å². The number of hydrogen-bond donors (Lipinski definition) is 4. The molecule has 0 saturated carbocycles. The van der Waals surface area contributed by atoms with Crippen molar-refractivity contribution in [3.8, 4) is 0 Å². The summed E-state index contributed by atoms with van der Waals surface area (Å²) in [5.41, 5.74) is -0.170. The van der Waals surface area contributed by atoms with Crippen LogP contribution >= 0.6 is 11.6 Å². The summed E-state index contributed by atoms with van der Waals surface area (Å²) in [4.78, 5) is 37.4. The van der Waals surface area contributed by atoms with Crippen molar-refractivity contribution in [1.82, 2.24) is 16.0 Å². The van der Waals surface area contributed by atoms with E-state index in [1.807, 2.05) is 52.8 Å². The fourth-order valence-electron chi connectivity index (χ4n) is 3.75. The van der Waals surface area contributed by atoms with Crippen LogP contribution in [0.3, 0.4) is 0 Å². The van der Waals surface area contributed by atoms with Crippen molar-refractivity contribution in [2.24, 2.45) is 11.3 Å². The van der Waals surface area contributed by atoms with Crippen LogP contribution < -0.4 is 16.0 Å².